The molecule has 0 aromatic heterocycles. The maximum atomic E-state index is 12.9. The largest absolute Gasteiger partial charge is 0.462 e. The van der Waals surface area contributed by atoms with Crippen LogP contribution in [0.25, 0.3) is 0 Å². The smallest absolute Gasteiger partial charge is 0.309 e. The summed E-state index contributed by atoms with van der Waals surface area (Å²) in [5.41, 5.74) is 0. The van der Waals surface area contributed by atoms with E-state index < -0.39 is 12.1 Å². The first-order chi connectivity index (χ1) is 37.5. The molecule has 442 valence electrons. The quantitative estimate of drug-likeness (QED) is 0.0261. The van der Waals surface area contributed by atoms with Gasteiger partial charge < -0.3 is 14.2 Å². The molecule has 0 aliphatic carbocycles. The lowest BCUT2D eigenvalue weighted by molar-refractivity contribution is -0.166. The molecule has 0 aromatic rings. The summed E-state index contributed by atoms with van der Waals surface area (Å²) >= 11 is 0. The van der Waals surface area contributed by atoms with E-state index in [4.69, 9.17) is 14.2 Å². The number of ether oxygens (including phenoxy) is 3. The Labute approximate surface area is 472 Å². The number of esters is 3. The number of carbonyl (C=O) groups is 3. The second kappa shape index (κ2) is 64.6. The lowest BCUT2D eigenvalue weighted by Crippen LogP contribution is -2.30. The van der Waals surface area contributed by atoms with E-state index in [0.717, 1.165) is 70.6 Å². The van der Waals surface area contributed by atoms with Crippen LogP contribution in [0.4, 0.5) is 0 Å². The molecule has 0 bridgehead atoms. The van der Waals surface area contributed by atoms with Crippen molar-refractivity contribution in [2.24, 2.45) is 0 Å². The molecule has 1 atom stereocenters. The zero-order valence-electron chi connectivity index (χ0n) is 50.8. The second-order valence-electron chi connectivity index (χ2n) is 22.4. The summed E-state index contributed by atoms with van der Waals surface area (Å²) in [5, 5.41) is 0. The lowest BCUT2D eigenvalue weighted by atomic mass is 10.0. The van der Waals surface area contributed by atoms with E-state index in [-0.39, 0.29) is 31.6 Å². The molecular weight excluding hydrogens is 937 g/mol. The molecule has 0 heterocycles. The molecule has 0 aromatic carbocycles. The Kier molecular flexibility index (Phi) is 62.2. The van der Waals surface area contributed by atoms with Gasteiger partial charge in [0, 0.05) is 12.8 Å². The van der Waals surface area contributed by atoms with Gasteiger partial charge in [-0.15, -0.1) is 0 Å². The van der Waals surface area contributed by atoms with E-state index in [1.807, 2.05) is 12.2 Å². The minimum Gasteiger partial charge on any atom is -0.462 e. The van der Waals surface area contributed by atoms with Gasteiger partial charge in [-0.05, 0) is 44.9 Å². The second-order valence-corrected chi connectivity index (χ2v) is 22.4. The van der Waals surface area contributed by atoms with Crippen LogP contribution in [0.2, 0.25) is 0 Å². The maximum Gasteiger partial charge on any atom is 0.309 e. The molecule has 0 fully saturated rings. The summed E-state index contributed by atoms with van der Waals surface area (Å²) in [5.74, 6) is -1.01. The highest BCUT2D eigenvalue weighted by Gasteiger charge is 2.19. The first-order valence-corrected chi connectivity index (χ1v) is 33.3. The van der Waals surface area contributed by atoms with E-state index in [9.17, 15) is 14.4 Å². The molecule has 0 spiro atoms. The van der Waals surface area contributed by atoms with Crippen LogP contribution in [0.5, 0.6) is 0 Å². The average Bonchev–Trinajstić information content (AvgIpc) is 3.42. The molecule has 1 unspecified atom stereocenters. The molecule has 0 N–H and O–H groups in total. The normalized spacial score (nSPS) is 12.4. The van der Waals surface area contributed by atoms with Crippen LogP contribution >= 0.6 is 0 Å². The van der Waals surface area contributed by atoms with Gasteiger partial charge in [0.2, 0.25) is 0 Å². The Morgan fingerprint density at radius 3 is 0.803 bits per heavy atom. The van der Waals surface area contributed by atoms with Crippen molar-refractivity contribution in [3.8, 4) is 0 Å². The third-order valence-corrected chi connectivity index (χ3v) is 14.8. The molecular formula is C70H126O6. The van der Waals surface area contributed by atoms with Gasteiger partial charge in [-0.25, -0.2) is 0 Å². The van der Waals surface area contributed by atoms with Gasteiger partial charge in [0.15, 0.2) is 6.10 Å². The zero-order valence-corrected chi connectivity index (χ0v) is 50.8. The molecule has 0 amide bonds. The zero-order chi connectivity index (χ0) is 55.0. The molecule has 6 nitrogen and oxygen atoms in total. The van der Waals surface area contributed by atoms with Crippen molar-refractivity contribution in [3.63, 3.8) is 0 Å². The minimum absolute atomic E-state index is 0.0991. The number of allylic oxidation sites excluding steroid dienone is 9. The summed E-state index contributed by atoms with van der Waals surface area (Å²) in [6, 6.07) is 0. The third-order valence-electron chi connectivity index (χ3n) is 14.8. The van der Waals surface area contributed by atoms with Gasteiger partial charge in [0.25, 0.3) is 0 Å². The van der Waals surface area contributed by atoms with Crippen LogP contribution in [0.15, 0.2) is 60.8 Å². The van der Waals surface area contributed by atoms with Gasteiger partial charge in [0.05, 0.1) is 6.42 Å². The van der Waals surface area contributed by atoms with E-state index in [1.54, 1.807) is 0 Å². The van der Waals surface area contributed by atoms with E-state index in [0.29, 0.717) is 12.8 Å². The van der Waals surface area contributed by atoms with Crippen LogP contribution in [0.3, 0.4) is 0 Å². The van der Waals surface area contributed by atoms with Gasteiger partial charge in [-0.3, -0.25) is 14.4 Å². The predicted octanol–water partition coefficient (Wildman–Crippen LogP) is 22.7. The molecule has 0 radical (unpaired) electrons. The van der Waals surface area contributed by atoms with Crippen molar-refractivity contribution in [1.29, 1.82) is 0 Å². The predicted molar refractivity (Wildman–Crippen MR) is 330 cm³/mol. The van der Waals surface area contributed by atoms with Crippen LogP contribution in [0, 0.1) is 0 Å². The van der Waals surface area contributed by atoms with Crippen LogP contribution < -0.4 is 0 Å². The molecule has 0 aliphatic heterocycles. The van der Waals surface area contributed by atoms with E-state index in [1.165, 1.54) is 238 Å². The van der Waals surface area contributed by atoms with E-state index in [2.05, 4.69) is 69.4 Å². The number of rotatable bonds is 61. The number of carbonyl (C=O) groups excluding carboxylic acids is 3. The monoisotopic (exact) mass is 1060 g/mol. The van der Waals surface area contributed by atoms with Gasteiger partial charge in [-0.1, -0.05) is 345 Å². The highest BCUT2D eigenvalue weighted by molar-refractivity contribution is 5.72. The fourth-order valence-electron chi connectivity index (χ4n) is 9.87. The standard InChI is InChI=1S/C70H126O6/c1-4-7-10-13-16-19-22-25-28-30-32-34-36-37-39-42-45-48-51-54-57-60-63-69(72)75-66-67(65-74-68(71)62-59-56-53-50-47-44-41-27-24-21-18-15-12-9-6-3)76-70(73)64-61-58-55-52-49-46-43-40-38-35-33-31-29-26-23-20-17-14-11-8-5-2/h9,12,18,21,27,41,47,50,56,59,67H,4-8,10-11,13-17,19-20,22-26,28-40,42-46,48-49,51-55,57-58,60-66H2,1-3H3/b12-9-,21-18-,41-27-,50-47-,59-56-. The maximum absolute atomic E-state index is 12.9. The molecule has 76 heavy (non-hydrogen) atoms. The Bertz CT molecular complexity index is 1360. The summed E-state index contributed by atoms with van der Waals surface area (Å²) in [7, 11) is 0. The van der Waals surface area contributed by atoms with Crippen molar-refractivity contribution in [2.75, 3.05) is 13.2 Å². The topological polar surface area (TPSA) is 78.9 Å². The Morgan fingerprint density at radius 2 is 0.513 bits per heavy atom. The van der Waals surface area contributed by atoms with Crippen LogP contribution in [0.1, 0.15) is 348 Å². The van der Waals surface area contributed by atoms with Gasteiger partial charge >= 0.3 is 17.9 Å². The molecule has 0 rings (SSSR count). The van der Waals surface area contributed by atoms with Crippen molar-refractivity contribution in [3.05, 3.63) is 60.8 Å². The van der Waals surface area contributed by atoms with Crippen LogP contribution in [-0.4, -0.2) is 37.2 Å². The van der Waals surface area contributed by atoms with Crippen molar-refractivity contribution < 1.29 is 28.6 Å². The number of hydrogen-bond acceptors (Lipinski definition) is 6. The summed E-state index contributed by atoms with van der Waals surface area (Å²) in [4.78, 5) is 38.3. The highest BCUT2D eigenvalue weighted by atomic mass is 16.6. The van der Waals surface area contributed by atoms with Gasteiger partial charge in [0.1, 0.15) is 13.2 Å². The fourth-order valence-corrected chi connectivity index (χ4v) is 9.87. The van der Waals surface area contributed by atoms with Crippen molar-refractivity contribution >= 4 is 17.9 Å². The highest BCUT2D eigenvalue weighted by Crippen LogP contribution is 2.18. The summed E-state index contributed by atoms with van der Waals surface area (Å²) in [6.45, 7) is 6.50. The Hall–Kier alpha value is -2.89. The first-order valence-electron chi connectivity index (χ1n) is 33.3. The average molecular weight is 1060 g/mol. The first kappa shape index (κ1) is 73.1. The van der Waals surface area contributed by atoms with Crippen LogP contribution in [-0.2, 0) is 28.6 Å². The van der Waals surface area contributed by atoms with Crippen molar-refractivity contribution in [2.45, 2.75) is 354 Å². The molecule has 6 heteroatoms. The van der Waals surface area contributed by atoms with Gasteiger partial charge in [-0.2, -0.15) is 0 Å². The minimum atomic E-state index is -0.812. The third kappa shape index (κ3) is 62.0. The lowest BCUT2D eigenvalue weighted by Gasteiger charge is -2.18. The molecule has 0 saturated heterocycles. The summed E-state index contributed by atoms with van der Waals surface area (Å²) < 4.78 is 16.9. The fraction of sp³-hybridized carbons (Fsp3) is 0.814. The van der Waals surface area contributed by atoms with Crippen molar-refractivity contribution in [1.82, 2.24) is 0 Å². The SMILES string of the molecule is CC/C=C\C/C=C\C/C=C\C/C=C\C/C=C\CC(=O)OCC(COC(=O)CCCCCCCCCCCCCCCCCCCCCCCC)OC(=O)CCCCCCCCCCCCCCCCCCCCCCC. The summed E-state index contributed by atoms with van der Waals surface area (Å²) in [6.07, 6.45) is 82.7. The number of hydrogen-bond donors (Lipinski definition) is 0. The molecule has 0 aliphatic rings. The number of unbranched alkanes of at least 4 members (excludes halogenated alkanes) is 41. The van der Waals surface area contributed by atoms with E-state index >= 15 is 0 Å². The molecule has 0 saturated carbocycles. The Morgan fingerprint density at radius 1 is 0.276 bits per heavy atom. The Balaban J connectivity index is 4.35.